The molecule has 2 aliphatic rings. The molecule has 34 heavy (non-hydrogen) atoms. The summed E-state index contributed by atoms with van der Waals surface area (Å²) >= 11 is 1.10. The molecule has 11 heteroatoms. The number of nitrogens with zero attached hydrogens (tertiary/aromatic N) is 4. The van der Waals surface area contributed by atoms with Crippen LogP contribution in [0.2, 0.25) is 0 Å². The van der Waals surface area contributed by atoms with E-state index < -0.39 is 34.6 Å². The fourth-order valence-electron chi connectivity index (χ4n) is 4.80. The van der Waals surface area contributed by atoms with E-state index in [0.29, 0.717) is 31.2 Å². The van der Waals surface area contributed by atoms with Crippen molar-refractivity contribution < 1.29 is 23.4 Å². The number of rotatable bonds is 5. The number of ether oxygens (including phenoxy) is 1. The van der Waals surface area contributed by atoms with E-state index in [1.807, 2.05) is 13.8 Å². The zero-order valence-corrected chi connectivity index (χ0v) is 19.3. The maximum atomic E-state index is 14.4. The number of halogens is 2. The number of fused-ring (bicyclic) bond motifs is 3. The summed E-state index contributed by atoms with van der Waals surface area (Å²) in [6.45, 7) is 4.82. The molecule has 2 aliphatic heterocycles. The minimum atomic E-state index is -0.725. The molecule has 5 rings (SSSR count). The first-order valence-corrected chi connectivity index (χ1v) is 11.8. The highest BCUT2D eigenvalue weighted by Crippen LogP contribution is 2.38. The minimum Gasteiger partial charge on any atom is -0.503 e. The van der Waals surface area contributed by atoms with Gasteiger partial charge < -0.3 is 19.3 Å². The van der Waals surface area contributed by atoms with E-state index in [1.165, 1.54) is 18.3 Å². The van der Waals surface area contributed by atoms with Crippen molar-refractivity contribution in [2.24, 2.45) is 0 Å². The van der Waals surface area contributed by atoms with Crippen molar-refractivity contribution in [3.63, 3.8) is 0 Å². The van der Waals surface area contributed by atoms with Crippen LogP contribution in [0.25, 0.3) is 10.6 Å². The molecule has 0 bridgehead atoms. The van der Waals surface area contributed by atoms with Crippen molar-refractivity contribution in [3.8, 4) is 16.3 Å². The summed E-state index contributed by atoms with van der Waals surface area (Å²) in [5, 5.41) is 19.7. The van der Waals surface area contributed by atoms with Crippen molar-refractivity contribution in [1.82, 2.24) is 19.7 Å². The third-order valence-electron chi connectivity index (χ3n) is 6.51. The Morgan fingerprint density at radius 1 is 1.21 bits per heavy atom. The second-order valence-corrected chi connectivity index (χ2v) is 9.32. The van der Waals surface area contributed by atoms with E-state index in [2.05, 4.69) is 10.2 Å². The minimum absolute atomic E-state index is 0.0630. The normalized spacial score (nSPS) is 20.4. The van der Waals surface area contributed by atoms with Gasteiger partial charge in [-0.05, 0) is 25.0 Å². The van der Waals surface area contributed by atoms with Crippen LogP contribution in [0.1, 0.15) is 53.3 Å². The zero-order chi connectivity index (χ0) is 24.1. The van der Waals surface area contributed by atoms with Gasteiger partial charge in [0.15, 0.2) is 16.5 Å². The SMILES string of the molecule is CCC(c1nnc(-c2cn3c(c(O)c2=O)C(=O)N(CC)C2COCC23)s1)c1ccc(F)cc1F. The van der Waals surface area contributed by atoms with Gasteiger partial charge in [0.2, 0.25) is 5.43 Å². The van der Waals surface area contributed by atoms with Gasteiger partial charge in [-0.2, -0.15) is 0 Å². The highest BCUT2D eigenvalue weighted by molar-refractivity contribution is 7.14. The molecule has 1 amide bonds. The van der Waals surface area contributed by atoms with Gasteiger partial charge in [0.05, 0.1) is 30.9 Å². The average Bonchev–Trinajstić information content (AvgIpc) is 3.48. The Morgan fingerprint density at radius 2 is 1.97 bits per heavy atom. The number of benzene rings is 1. The van der Waals surface area contributed by atoms with Crippen molar-refractivity contribution in [2.45, 2.75) is 38.3 Å². The molecule has 0 spiro atoms. The van der Waals surface area contributed by atoms with Crippen molar-refractivity contribution in [3.05, 3.63) is 62.5 Å². The highest BCUT2D eigenvalue weighted by Gasteiger charge is 2.44. The largest absolute Gasteiger partial charge is 0.503 e. The highest BCUT2D eigenvalue weighted by atomic mass is 32.1. The number of pyridine rings is 1. The number of carbonyl (C=O) groups is 1. The molecule has 1 aromatic carbocycles. The average molecular weight is 489 g/mol. The molecule has 0 aliphatic carbocycles. The van der Waals surface area contributed by atoms with Gasteiger partial charge in [0.1, 0.15) is 16.6 Å². The summed E-state index contributed by atoms with van der Waals surface area (Å²) in [5.41, 5.74) is -0.403. The van der Waals surface area contributed by atoms with E-state index in [1.54, 1.807) is 9.47 Å². The Morgan fingerprint density at radius 3 is 2.68 bits per heavy atom. The molecule has 3 aromatic rings. The third-order valence-corrected chi connectivity index (χ3v) is 7.58. The molecule has 4 heterocycles. The predicted octanol–water partition coefficient (Wildman–Crippen LogP) is 3.31. The Bertz CT molecular complexity index is 1340. The van der Waals surface area contributed by atoms with Crippen LogP contribution in [-0.2, 0) is 4.74 Å². The summed E-state index contributed by atoms with van der Waals surface area (Å²) in [6, 6.07) is 2.95. The number of likely N-dealkylation sites (N-methyl/N-ethyl adjacent to an activating group) is 1. The molecule has 8 nitrogen and oxygen atoms in total. The summed E-state index contributed by atoms with van der Waals surface area (Å²) < 4.78 is 35.0. The number of hydrogen-bond donors (Lipinski definition) is 1. The number of hydrogen-bond acceptors (Lipinski definition) is 7. The first kappa shape index (κ1) is 22.6. The second-order valence-electron chi connectivity index (χ2n) is 8.31. The standard InChI is InChI=1S/C23H22F2N4O4S/c1-3-12(13-6-5-11(24)7-15(13)25)21-26-27-22(34-21)14-8-29-17-10-33-9-16(17)28(4-2)23(32)18(29)20(31)19(14)30/h5-8,12,16-17,31H,3-4,9-10H2,1-2H3. The lowest BCUT2D eigenvalue weighted by Crippen LogP contribution is -2.51. The van der Waals surface area contributed by atoms with Gasteiger partial charge in [-0.1, -0.05) is 24.3 Å². The van der Waals surface area contributed by atoms with Crippen LogP contribution in [0, 0.1) is 11.6 Å². The molecule has 1 fully saturated rings. The molecule has 2 aromatic heterocycles. The molecule has 178 valence electrons. The first-order chi connectivity index (χ1) is 16.3. The number of carbonyl (C=O) groups excluding carboxylic acids is 1. The lowest BCUT2D eigenvalue weighted by Gasteiger charge is -2.38. The number of amides is 1. The zero-order valence-electron chi connectivity index (χ0n) is 18.5. The number of aromatic nitrogens is 3. The number of aromatic hydroxyl groups is 1. The van der Waals surface area contributed by atoms with Gasteiger partial charge in [0.25, 0.3) is 5.91 Å². The van der Waals surface area contributed by atoms with Gasteiger partial charge in [-0.15, -0.1) is 10.2 Å². The summed E-state index contributed by atoms with van der Waals surface area (Å²) in [6.07, 6.45) is 2.01. The summed E-state index contributed by atoms with van der Waals surface area (Å²) in [4.78, 5) is 27.7. The molecule has 3 atom stereocenters. The quantitative estimate of drug-likeness (QED) is 0.592. The van der Waals surface area contributed by atoms with Crippen molar-refractivity contribution in [1.29, 1.82) is 0 Å². The maximum absolute atomic E-state index is 14.4. The molecule has 0 saturated carbocycles. The molecule has 1 N–H and O–H groups in total. The first-order valence-electron chi connectivity index (χ1n) is 11.0. The van der Waals surface area contributed by atoms with Crippen LogP contribution in [0.3, 0.4) is 0 Å². The molecular weight excluding hydrogens is 466 g/mol. The van der Waals surface area contributed by atoms with E-state index in [9.17, 15) is 23.5 Å². The van der Waals surface area contributed by atoms with Crippen LogP contribution >= 0.6 is 11.3 Å². The molecule has 3 unspecified atom stereocenters. The molecule has 1 saturated heterocycles. The Labute approximate surface area is 197 Å². The fourth-order valence-corrected chi connectivity index (χ4v) is 5.85. The van der Waals surface area contributed by atoms with E-state index in [0.717, 1.165) is 17.4 Å². The van der Waals surface area contributed by atoms with Crippen LogP contribution in [0.15, 0.2) is 29.2 Å². The van der Waals surface area contributed by atoms with Crippen LogP contribution in [-0.4, -0.2) is 56.5 Å². The van der Waals surface area contributed by atoms with Gasteiger partial charge in [-0.3, -0.25) is 9.59 Å². The van der Waals surface area contributed by atoms with Gasteiger partial charge in [-0.25, -0.2) is 8.78 Å². The van der Waals surface area contributed by atoms with Crippen molar-refractivity contribution in [2.75, 3.05) is 19.8 Å². The van der Waals surface area contributed by atoms with Crippen LogP contribution in [0.4, 0.5) is 8.78 Å². The lowest BCUT2D eigenvalue weighted by molar-refractivity contribution is 0.0571. The Kier molecular flexibility index (Phi) is 5.68. The summed E-state index contributed by atoms with van der Waals surface area (Å²) in [5.74, 6) is -2.89. The van der Waals surface area contributed by atoms with E-state index >= 15 is 0 Å². The predicted molar refractivity (Wildman–Crippen MR) is 120 cm³/mol. The van der Waals surface area contributed by atoms with Crippen LogP contribution in [0.5, 0.6) is 5.75 Å². The molecular formula is C23H22F2N4O4S. The Hall–Kier alpha value is -3.18. The van der Waals surface area contributed by atoms with E-state index in [4.69, 9.17) is 4.74 Å². The Balaban J connectivity index is 1.59. The second kappa shape index (κ2) is 8.55. The molecule has 0 radical (unpaired) electrons. The fraction of sp³-hybridized carbons (Fsp3) is 0.391. The smallest absolute Gasteiger partial charge is 0.274 e. The van der Waals surface area contributed by atoms with Gasteiger partial charge >= 0.3 is 0 Å². The summed E-state index contributed by atoms with van der Waals surface area (Å²) in [7, 11) is 0. The monoisotopic (exact) mass is 488 g/mol. The third kappa shape index (κ3) is 3.41. The van der Waals surface area contributed by atoms with E-state index in [-0.39, 0.29) is 33.9 Å². The lowest BCUT2D eigenvalue weighted by atomic mass is 9.97. The van der Waals surface area contributed by atoms with Crippen LogP contribution < -0.4 is 5.43 Å². The van der Waals surface area contributed by atoms with Gasteiger partial charge in [0, 0.05) is 24.7 Å². The maximum Gasteiger partial charge on any atom is 0.274 e. The topological polar surface area (TPSA) is 97.5 Å². The van der Waals surface area contributed by atoms with Crippen molar-refractivity contribution >= 4 is 17.2 Å².